The van der Waals surface area contributed by atoms with E-state index in [4.69, 9.17) is 10.6 Å². The van der Waals surface area contributed by atoms with Crippen LogP contribution >= 0.6 is 0 Å². The number of phenols is 2. The molecule has 0 aliphatic heterocycles. The maximum absolute atomic E-state index is 10.4. The molecule has 0 saturated carbocycles. The van der Waals surface area contributed by atoms with Crippen LogP contribution in [0.3, 0.4) is 0 Å². The summed E-state index contributed by atoms with van der Waals surface area (Å²) in [7, 11) is 0. The molecule has 0 aliphatic rings. The van der Waals surface area contributed by atoms with E-state index in [2.05, 4.69) is 15.3 Å². The molecule has 3 rings (SSSR count). The van der Waals surface area contributed by atoms with Crippen molar-refractivity contribution in [1.82, 2.24) is 10.2 Å². The Morgan fingerprint density at radius 1 is 1.17 bits per heavy atom. The summed E-state index contributed by atoms with van der Waals surface area (Å²) in [5.41, 5.74) is 1.62. The highest BCUT2D eigenvalue weighted by Gasteiger charge is 2.20. The van der Waals surface area contributed by atoms with Gasteiger partial charge in [0.1, 0.15) is 22.9 Å². The summed E-state index contributed by atoms with van der Waals surface area (Å²) in [6, 6.07) is 12.2. The number of nitrogens with one attached hydrogen (secondary N) is 1. The van der Waals surface area contributed by atoms with E-state index >= 15 is 0 Å². The van der Waals surface area contributed by atoms with Crippen molar-refractivity contribution in [2.75, 3.05) is 0 Å². The summed E-state index contributed by atoms with van der Waals surface area (Å²) in [5.74, 6) is 5.93. The van der Waals surface area contributed by atoms with Crippen molar-refractivity contribution in [1.29, 1.82) is 0 Å². The van der Waals surface area contributed by atoms with Gasteiger partial charge in [0.25, 0.3) is 0 Å². The molecule has 0 unspecified atom stereocenters. The molecule has 3 aromatic rings. The Kier molecular flexibility index (Phi) is 4.07. The van der Waals surface area contributed by atoms with Crippen LogP contribution in [0.2, 0.25) is 0 Å². The third-order valence-corrected chi connectivity index (χ3v) is 3.51. The molecule has 0 bridgehead atoms. The van der Waals surface area contributed by atoms with Crippen LogP contribution in [0, 0.1) is 6.92 Å². The monoisotopic (exact) mass is 324 g/mol. The van der Waals surface area contributed by atoms with Gasteiger partial charge in [0.2, 0.25) is 0 Å². The Hall–Kier alpha value is -3.48. The minimum Gasteiger partial charge on any atom is -0.507 e. The largest absolute Gasteiger partial charge is 0.507 e. The van der Waals surface area contributed by atoms with Crippen molar-refractivity contribution in [3.05, 3.63) is 53.7 Å². The SMILES string of the molecule is Cc1[nH]nc(-c2ccc(O)c(C=NN)c2O)c1Oc1ccccc1. The Labute approximate surface area is 138 Å². The fourth-order valence-corrected chi connectivity index (χ4v) is 2.32. The van der Waals surface area contributed by atoms with Gasteiger partial charge in [-0.05, 0) is 31.2 Å². The zero-order valence-corrected chi connectivity index (χ0v) is 12.9. The van der Waals surface area contributed by atoms with Crippen LogP contribution in [0.5, 0.6) is 23.0 Å². The van der Waals surface area contributed by atoms with Gasteiger partial charge in [0, 0.05) is 5.56 Å². The summed E-state index contributed by atoms with van der Waals surface area (Å²) in [5, 5.41) is 30.7. The predicted octanol–water partition coefficient (Wildman–Crippen LogP) is 2.88. The van der Waals surface area contributed by atoms with Crippen molar-refractivity contribution in [3.63, 3.8) is 0 Å². The van der Waals surface area contributed by atoms with Gasteiger partial charge in [-0.2, -0.15) is 10.2 Å². The maximum atomic E-state index is 10.4. The minimum absolute atomic E-state index is 0.112. The van der Waals surface area contributed by atoms with Gasteiger partial charge in [-0.25, -0.2) is 0 Å². The normalized spacial score (nSPS) is 11.0. The second-order valence-electron chi connectivity index (χ2n) is 5.11. The summed E-state index contributed by atoms with van der Waals surface area (Å²) >= 11 is 0. The number of aromatic amines is 1. The van der Waals surface area contributed by atoms with Gasteiger partial charge < -0.3 is 20.8 Å². The van der Waals surface area contributed by atoms with Crippen molar-refractivity contribution in [3.8, 4) is 34.3 Å². The molecular formula is C17H16N4O3. The Morgan fingerprint density at radius 2 is 1.92 bits per heavy atom. The van der Waals surface area contributed by atoms with Crippen LogP contribution in [-0.2, 0) is 0 Å². The average molecular weight is 324 g/mol. The van der Waals surface area contributed by atoms with E-state index in [9.17, 15) is 10.2 Å². The van der Waals surface area contributed by atoms with Gasteiger partial charge >= 0.3 is 0 Å². The van der Waals surface area contributed by atoms with Crippen LogP contribution in [0.15, 0.2) is 47.6 Å². The number of hydrogen-bond acceptors (Lipinski definition) is 6. The minimum atomic E-state index is -0.186. The van der Waals surface area contributed by atoms with Crippen molar-refractivity contribution >= 4 is 6.21 Å². The highest BCUT2D eigenvalue weighted by Crippen LogP contribution is 2.41. The quantitative estimate of drug-likeness (QED) is 0.334. The molecule has 2 aromatic carbocycles. The molecule has 0 saturated heterocycles. The second-order valence-corrected chi connectivity index (χ2v) is 5.11. The number of hydrogen-bond donors (Lipinski definition) is 4. The molecule has 7 heteroatoms. The van der Waals surface area contributed by atoms with Crippen molar-refractivity contribution in [2.45, 2.75) is 6.92 Å². The number of nitrogens with zero attached hydrogens (tertiary/aromatic N) is 2. The van der Waals surface area contributed by atoms with E-state index < -0.39 is 0 Å². The molecule has 0 radical (unpaired) electrons. The lowest BCUT2D eigenvalue weighted by Crippen LogP contribution is -1.92. The molecule has 24 heavy (non-hydrogen) atoms. The smallest absolute Gasteiger partial charge is 0.176 e. The van der Waals surface area contributed by atoms with E-state index in [0.717, 1.165) is 0 Å². The van der Waals surface area contributed by atoms with E-state index in [1.807, 2.05) is 37.3 Å². The molecule has 1 aromatic heterocycles. The number of phenolic OH excluding ortho intramolecular Hbond substituents is 2. The zero-order valence-electron chi connectivity index (χ0n) is 12.9. The average Bonchev–Trinajstić information content (AvgIpc) is 2.93. The van der Waals surface area contributed by atoms with Crippen molar-refractivity contribution in [2.24, 2.45) is 10.9 Å². The lowest BCUT2D eigenvalue weighted by Gasteiger charge is -2.10. The van der Waals surface area contributed by atoms with Gasteiger partial charge in [-0.1, -0.05) is 18.2 Å². The van der Waals surface area contributed by atoms with Gasteiger partial charge in [-0.3, -0.25) is 5.10 Å². The van der Waals surface area contributed by atoms with Crippen LogP contribution in [0.4, 0.5) is 0 Å². The molecule has 0 amide bonds. The fourth-order valence-electron chi connectivity index (χ4n) is 2.32. The molecule has 7 nitrogen and oxygen atoms in total. The number of para-hydroxylation sites is 1. The number of aromatic hydroxyl groups is 2. The molecule has 122 valence electrons. The molecule has 0 atom stereocenters. The number of aryl methyl sites for hydroxylation is 1. The Bertz CT molecular complexity index is 888. The standard InChI is InChI=1S/C17H16N4O3/c1-10-17(24-11-5-3-2-4-6-11)15(21-20-10)12-7-8-14(22)13(9-19-18)16(12)23/h2-9,22-23H,18H2,1H3,(H,20,21). The fraction of sp³-hybridized carbons (Fsp3) is 0.0588. The Morgan fingerprint density at radius 3 is 2.62 bits per heavy atom. The third-order valence-electron chi connectivity index (χ3n) is 3.51. The number of benzene rings is 2. The first-order valence-electron chi connectivity index (χ1n) is 7.18. The molecular weight excluding hydrogens is 308 g/mol. The van der Waals surface area contributed by atoms with Gasteiger partial charge in [0.05, 0.1) is 17.5 Å². The van der Waals surface area contributed by atoms with E-state index in [-0.39, 0.29) is 17.1 Å². The maximum Gasteiger partial charge on any atom is 0.176 e. The Balaban J connectivity index is 2.10. The summed E-state index contributed by atoms with van der Waals surface area (Å²) in [4.78, 5) is 0. The lowest BCUT2D eigenvalue weighted by molar-refractivity contribution is 0.449. The first kappa shape index (κ1) is 15.4. The lowest BCUT2D eigenvalue weighted by atomic mass is 10.0. The molecule has 0 aliphatic carbocycles. The number of hydrazone groups is 1. The number of rotatable bonds is 4. The summed E-state index contributed by atoms with van der Waals surface area (Å²) < 4.78 is 5.89. The zero-order chi connectivity index (χ0) is 17.1. The first-order chi connectivity index (χ1) is 11.6. The molecule has 0 spiro atoms. The highest BCUT2D eigenvalue weighted by atomic mass is 16.5. The van der Waals surface area contributed by atoms with Gasteiger partial charge in [0.15, 0.2) is 5.75 Å². The molecule has 0 fully saturated rings. The number of ether oxygens (including phenoxy) is 1. The number of H-pyrrole nitrogens is 1. The predicted molar refractivity (Wildman–Crippen MR) is 90.4 cm³/mol. The highest BCUT2D eigenvalue weighted by molar-refractivity contribution is 5.92. The van der Waals surface area contributed by atoms with Crippen LogP contribution < -0.4 is 10.6 Å². The molecule has 1 heterocycles. The van der Waals surface area contributed by atoms with E-state index in [0.29, 0.717) is 28.5 Å². The van der Waals surface area contributed by atoms with Crippen LogP contribution in [0.25, 0.3) is 11.3 Å². The van der Waals surface area contributed by atoms with Gasteiger partial charge in [-0.15, -0.1) is 0 Å². The number of aromatic nitrogens is 2. The van der Waals surface area contributed by atoms with E-state index in [1.165, 1.54) is 12.3 Å². The second kappa shape index (κ2) is 6.33. The van der Waals surface area contributed by atoms with Crippen LogP contribution in [0.1, 0.15) is 11.3 Å². The topological polar surface area (TPSA) is 117 Å². The first-order valence-corrected chi connectivity index (χ1v) is 7.18. The number of nitrogens with two attached hydrogens (primary N) is 1. The van der Waals surface area contributed by atoms with Crippen molar-refractivity contribution < 1.29 is 14.9 Å². The summed E-state index contributed by atoms with van der Waals surface area (Å²) in [6.45, 7) is 1.81. The molecule has 5 N–H and O–H groups in total. The van der Waals surface area contributed by atoms with E-state index in [1.54, 1.807) is 6.07 Å². The third kappa shape index (κ3) is 2.74. The van der Waals surface area contributed by atoms with Crippen LogP contribution in [-0.4, -0.2) is 26.6 Å². The summed E-state index contributed by atoms with van der Waals surface area (Å²) in [6.07, 6.45) is 1.17.